The Morgan fingerprint density at radius 2 is 2.00 bits per heavy atom. The lowest BCUT2D eigenvalue weighted by atomic mass is 9.56. The van der Waals surface area contributed by atoms with E-state index in [2.05, 4.69) is 17.9 Å². The Bertz CT molecular complexity index is 686. The zero-order valence-electron chi connectivity index (χ0n) is 12.8. The molecule has 22 heavy (non-hydrogen) atoms. The van der Waals surface area contributed by atoms with E-state index in [9.17, 15) is 20.3 Å². The van der Waals surface area contributed by atoms with Gasteiger partial charge in [-0.2, -0.15) is 5.26 Å². The van der Waals surface area contributed by atoms with Gasteiger partial charge in [-0.3, -0.25) is 0 Å². The minimum atomic E-state index is -1.44. The van der Waals surface area contributed by atoms with E-state index < -0.39 is 17.0 Å². The smallest absolute Gasteiger partial charge is 0.336 e. The predicted molar refractivity (Wildman–Crippen MR) is 82.0 cm³/mol. The van der Waals surface area contributed by atoms with Crippen LogP contribution in [0.2, 0.25) is 0 Å². The summed E-state index contributed by atoms with van der Waals surface area (Å²) < 4.78 is 0. The Morgan fingerprint density at radius 1 is 1.36 bits per heavy atom. The molecule has 2 N–H and O–H groups in total. The minimum Gasteiger partial charge on any atom is -0.478 e. The summed E-state index contributed by atoms with van der Waals surface area (Å²) in [6.07, 6.45) is 2.14. The standard InChI is InChI=1S/C18H19NO3/c1-13(2)18(22,17(12-19)9-5-10-17)11-8-14-6-3-4-7-15(14)16(20)21/h3-4,6-7,13,22H,5,9-10H2,1-2H3,(H,20,21)/t18-/m0/s1. The lowest BCUT2D eigenvalue weighted by molar-refractivity contribution is -0.0796. The van der Waals surface area contributed by atoms with Gasteiger partial charge in [-0.05, 0) is 37.3 Å². The summed E-state index contributed by atoms with van der Waals surface area (Å²) in [5.41, 5.74) is -1.85. The van der Waals surface area contributed by atoms with Crippen molar-refractivity contribution in [2.45, 2.75) is 38.7 Å². The van der Waals surface area contributed by atoms with Crippen molar-refractivity contribution in [1.29, 1.82) is 5.26 Å². The lowest BCUT2D eigenvalue weighted by Crippen LogP contribution is -2.54. The summed E-state index contributed by atoms with van der Waals surface area (Å²) in [6, 6.07) is 8.66. The highest BCUT2D eigenvalue weighted by molar-refractivity contribution is 5.90. The van der Waals surface area contributed by atoms with Crippen LogP contribution < -0.4 is 0 Å². The number of benzene rings is 1. The van der Waals surface area contributed by atoms with Crippen molar-refractivity contribution < 1.29 is 15.0 Å². The molecule has 0 amide bonds. The molecule has 0 aliphatic heterocycles. The molecule has 114 valence electrons. The van der Waals surface area contributed by atoms with E-state index in [1.807, 2.05) is 13.8 Å². The number of nitrogens with zero attached hydrogens (tertiary/aromatic N) is 1. The molecule has 0 unspecified atom stereocenters. The first-order chi connectivity index (χ1) is 10.4. The fourth-order valence-corrected chi connectivity index (χ4v) is 2.87. The molecule has 4 heteroatoms. The second kappa shape index (κ2) is 5.83. The van der Waals surface area contributed by atoms with E-state index in [0.29, 0.717) is 18.4 Å². The van der Waals surface area contributed by atoms with Gasteiger partial charge in [-0.25, -0.2) is 4.79 Å². The van der Waals surface area contributed by atoms with Crippen molar-refractivity contribution in [2.75, 3.05) is 0 Å². The predicted octanol–water partition coefficient (Wildman–Crippen LogP) is 2.82. The highest BCUT2D eigenvalue weighted by atomic mass is 16.4. The molecule has 1 aromatic carbocycles. The van der Waals surface area contributed by atoms with E-state index in [0.717, 1.165) is 6.42 Å². The topological polar surface area (TPSA) is 81.3 Å². The van der Waals surface area contributed by atoms with Crippen LogP contribution in [0.15, 0.2) is 24.3 Å². The Morgan fingerprint density at radius 3 is 2.45 bits per heavy atom. The van der Waals surface area contributed by atoms with Crippen LogP contribution in [0, 0.1) is 34.5 Å². The molecule has 0 radical (unpaired) electrons. The van der Waals surface area contributed by atoms with E-state index in [1.54, 1.807) is 18.2 Å². The van der Waals surface area contributed by atoms with Crippen LogP contribution in [0.3, 0.4) is 0 Å². The molecule has 0 heterocycles. The molecule has 1 aliphatic carbocycles. The number of aliphatic hydroxyl groups is 1. The number of hydrogen-bond acceptors (Lipinski definition) is 3. The van der Waals surface area contributed by atoms with Crippen LogP contribution in [0.25, 0.3) is 0 Å². The lowest BCUT2D eigenvalue weighted by Gasteiger charge is -2.47. The number of hydrogen-bond donors (Lipinski definition) is 2. The summed E-state index contributed by atoms with van der Waals surface area (Å²) in [5.74, 6) is 4.33. The van der Waals surface area contributed by atoms with E-state index in [1.165, 1.54) is 6.07 Å². The average Bonchev–Trinajstić information content (AvgIpc) is 2.44. The van der Waals surface area contributed by atoms with Crippen molar-refractivity contribution >= 4 is 5.97 Å². The van der Waals surface area contributed by atoms with Crippen molar-refractivity contribution in [3.05, 3.63) is 35.4 Å². The molecular formula is C18H19NO3. The second-order valence-corrected chi connectivity index (χ2v) is 6.07. The van der Waals surface area contributed by atoms with Gasteiger partial charge in [0.05, 0.1) is 17.0 Å². The molecule has 0 aromatic heterocycles. The maximum atomic E-state index is 11.2. The SMILES string of the molecule is CC(C)[C@@](O)(C#Cc1ccccc1C(=O)O)C1(C#N)CCC1. The van der Waals surface area contributed by atoms with Crippen LogP contribution >= 0.6 is 0 Å². The number of carbonyl (C=O) groups is 1. The molecule has 1 fully saturated rings. The quantitative estimate of drug-likeness (QED) is 0.841. The van der Waals surface area contributed by atoms with E-state index >= 15 is 0 Å². The number of nitriles is 1. The van der Waals surface area contributed by atoms with Crippen LogP contribution in [0.5, 0.6) is 0 Å². The van der Waals surface area contributed by atoms with Crippen LogP contribution in [-0.2, 0) is 0 Å². The zero-order valence-corrected chi connectivity index (χ0v) is 12.8. The summed E-state index contributed by atoms with van der Waals surface area (Å²) in [4.78, 5) is 11.2. The highest BCUT2D eigenvalue weighted by Crippen LogP contribution is 2.51. The van der Waals surface area contributed by atoms with E-state index in [4.69, 9.17) is 0 Å². The maximum absolute atomic E-state index is 11.2. The Kier molecular flexibility index (Phi) is 4.26. The maximum Gasteiger partial charge on any atom is 0.336 e. The van der Waals surface area contributed by atoms with Gasteiger partial charge in [0, 0.05) is 5.56 Å². The van der Waals surface area contributed by atoms with Gasteiger partial charge in [0.15, 0.2) is 0 Å². The molecule has 1 aromatic rings. The first-order valence-electron chi connectivity index (χ1n) is 7.35. The molecule has 0 spiro atoms. The van der Waals surface area contributed by atoms with Crippen molar-refractivity contribution in [3.8, 4) is 17.9 Å². The number of carboxylic acids is 1. The molecule has 1 aliphatic rings. The fraction of sp³-hybridized carbons (Fsp3) is 0.444. The molecule has 1 saturated carbocycles. The third-order valence-electron chi connectivity index (χ3n) is 4.53. The van der Waals surface area contributed by atoms with Gasteiger partial charge in [-0.15, -0.1) is 0 Å². The van der Waals surface area contributed by atoms with Crippen LogP contribution in [0.4, 0.5) is 0 Å². The van der Waals surface area contributed by atoms with Gasteiger partial charge in [0.2, 0.25) is 0 Å². The average molecular weight is 297 g/mol. The van der Waals surface area contributed by atoms with Crippen molar-refractivity contribution in [3.63, 3.8) is 0 Å². The number of aromatic carboxylic acids is 1. The van der Waals surface area contributed by atoms with Gasteiger partial charge < -0.3 is 10.2 Å². The van der Waals surface area contributed by atoms with Crippen molar-refractivity contribution in [1.82, 2.24) is 0 Å². The second-order valence-electron chi connectivity index (χ2n) is 6.07. The molecule has 4 nitrogen and oxygen atoms in total. The summed E-state index contributed by atoms with van der Waals surface area (Å²) in [6.45, 7) is 3.66. The van der Waals surface area contributed by atoms with Crippen LogP contribution in [-0.4, -0.2) is 21.8 Å². The normalized spacial score (nSPS) is 18.3. The number of carboxylic acid groups (broad SMARTS) is 1. The molecule has 0 bridgehead atoms. The van der Waals surface area contributed by atoms with Crippen molar-refractivity contribution in [2.24, 2.45) is 11.3 Å². The monoisotopic (exact) mass is 297 g/mol. The third-order valence-corrected chi connectivity index (χ3v) is 4.53. The number of rotatable bonds is 3. The minimum absolute atomic E-state index is 0.0979. The highest BCUT2D eigenvalue weighted by Gasteiger charge is 2.55. The van der Waals surface area contributed by atoms with Gasteiger partial charge in [0.25, 0.3) is 0 Å². The molecule has 1 atom stereocenters. The molecule has 2 rings (SSSR count). The van der Waals surface area contributed by atoms with Gasteiger partial charge in [0.1, 0.15) is 5.60 Å². The molecular weight excluding hydrogens is 278 g/mol. The van der Waals surface area contributed by atoms with Crippen LogP contribution in [0.1, 0.15) is 49.0 Å². The first-order valence-corrected chi connectivity index (χ1v) is 7.35. The largest absolute Gasteiger partial charge is 0.478 e. The van der Waals surface area contributed by atoms with E-state index in [-0.39, 0.29) is 11.5 Å². The van der Waals surface area contributed by atoms with Gasteiger partial charge >= 0.3 is 5.97 Å². The fourth-order valence-electron chi connectivity index (χ4n) is 2.87. The Balaban J connectivity index is 2.48. The van der Waals surface area contributed by atoms with Gasteiger partial charge in [-0.1, -0.05) is 37.8 Å². The first kappa shape index (κ1) is 16.1. The third kappa shape index (κ3) is 2.47. The summed E-state index contributed by atoms with van der Waals surface area (Å²) >= 11 is 0. The summed E-state index contributed by atoms with van der Waals surface area (Å²) in [7, 11) is 0. The molecule has 0 saturated heterocycles. The Labute approximate surface area is 130 Å². The summed E-state index contributed by atoms with van der Waals surface area (Å²) in [5, 5.41) is 29.7. The zero-order chi connectivity index (χ0) is 16.4. The Hall–Kier alpha value is -2.30.